The van der Waals surface area contributed by atoms with Gasteiger partial charge in [0.1, 0.15) is 6.04 Å². The van der Waals surface area contributed by atoms with Gasteiger partial charge in [0.05, 0.1) is 12.7 Å². The van der Waals surface area contributed by atoms with Crippen molar-refractivity contribution in [2.75, 3.05) is 13.2 Å². The summed E-state index contributed by atoms with van der Waals surface area (Å²) in [5.74, 6) is -1.28. The van der Waals surface area contributed by atoms with E-state index in [1.807, 2.05) is 6.92 Å². The van der Waals surface area contributed by atoms with Crippen molar-refractivity contribution in [2.24, 2.45) is 5.92 Å². The number of carbonyl (C=O) groups excluding carboxylic acids is 1. The zero-order chi connectivity index (χ0) is 12.8. The van der Waals surface area contributed by atoms with Crippen molar-refractivity contribution in [3.05, 3.63) is 0 Å². The van der Waals surface area contributed by atoms with Crippen LogP contribution < -0.4 is 5.32 Å². The number of amides is 1. The van der Waals surface area contributed by atoms with Gasteiger partial charge >= 0.3 is 5.97 Å². The Bertz CT molecular complexity index is 275. The molecular formula is C11H19NO5. The van der Waals surface area contributed by atoms with Crippen LogP contribution in [0.4, 0.5) is 0 Å². The second-order valence-electron chi connectivity index (χ2n) is 4.26. The number of carbonyl (C=O) groups is 2. The highest BCUT2D eigenvalue weighted by Crippen LogP contribution is 2.32. The summed E-state index contributed by atoms with van der Waals surface area (Å²) in [4.78, 5) is 22.0. The van der Waals surface area contributed by atoms with E-state index >= 15 is 0 Å². The van der Waals surface area contributed by atoms with Crippen LogP contribution in [-0.2, 0) is 14.3 Å². The molecule has 0 aromatic rings. The Kier molecular flexibility index (Phi) is 5.37. The van der Waals surface area contributed by atoms with Gasteiger partial charge in [0.15, 0.2) is 0 Å². The van der Waals surface area contributed by atoms with Crippen molar-refractivity contribution < 1.29 is 24.5 Å². The fourth-order valence-corrected chi connectivity index (χ4v) is 1.91. The molecule has 6 nitrogen and oxygen atoms in total. The maximum Gasteiger partial charge on any atom is 0.328 e. The molecule has 98 valence electrons. The van der Waals surface area contributed by atoms with Crippen LogP contribution in [0.1, 0.15) is 26.2 Å². The molecule has 3 N–H and O–H groups in total. The molecule has 0 unspecified atom stereocenters. The summed E-state index contributed by atoms with van der Waals surface area (Å²) >= 11 is 0. The van der Waals surface area contributed by atoms with Gasteiger partial charge in [-0.05, 0) is 25.7 Å². The molecule has 0 aromatic heterocycles. The molecule has 17 heavy (non-hydrogen) atoms. The topological polar surface area (TPSA) is 95.9 Å². The largest absolute Gasteiger partial charge is 0.480 e. The molecule has 6 heteroatoms. The second-order valence-corrected chi connectivity index (χ2v) is 4.26. The molecule has 1 aliphatic carbocycles. The van der Waals surface area contributed by atoms with Crippen molar-refractivity contribution in [3.8, 4) is 0 Å². The third-order valence-corrected chi connectivity index (χ3v) is 2.88. The summed E-state index contributed by atoms with van der Waals surface area (Å²) in [5, 5.41) is 19.7. The molecule has 0 aliphatic heterocycles. The van der Waals surface area contributed by atoms with E-state index in [-0.39, 0.29) is 17.9 Å². The number of aliphatic hydroxyl groups is 1. The zero-order valence-electron chi connectivity index (χ0n) is 9.89. The average Bonchev–Trinajstić information content (AvgIpc) is 2.22. The Morgan fingerprint density at radius 3 is 2.59 bits per heavy atom. The molecule has 0 saturated heterocycles. The van der Waals surface area contributed by atoms with E-state index in [4.69, 9.17) is 14.9 Å². The van der Waals surface area contributed by atoms with Crippen LogP contribution in [0.15, 0.2) is 0 Å². The number of rotatable bonds is 7. The summed E-state index contributed by atoms with van der Waals surface area (Å²) in [6.07, 6.45) is 2.23. The van der Waals surface area contributed by atoms with Crippen molar-refractivity contribution in [2.45, 2.75) is 38.3 Å². The highest BCUT2D eigenvalue weighted by Gasteiger charge is 2.31. The molecule has 0 spiro atoms. The molecule has 0 aromatic carbocycles. The molecule has 1 aliphatic rings. The van der Waals surface area contributed by atoms with Crippen molar-refractivity contribution in [1.82, 2.24) is 5.32 Å². The number of hydrogen-bond acceptors (Lipinski definition) is 4. The lowest BCUT2D eigenvalue weighted by Gasteiger charge is -2.34. The quantitative estimate of drug-likeness (QED) is 0.575. The number of aliphatic hydroxyl groups excluding tert-OH is 1. The van der Waals surface area contributed by atoms with Crippen LogP contribution in [0.5, 0.6) is 0 Å². The Labute approximate surface area is 100.0 Å². The van der Waals surface area contributed by atoms with E-state index in [9.17, 15) is 9.59 Å². The van der Waals surface area contributed by atoms with Gasteiger partial charge < -0.3 is 20.3 Å². The Morgan fingerprint density at radius 1 is 1.47 bits per heavy atom. The Morgan fingerprint density at radius 2 is 2.12 bits per heavy atom. The normalized spacial score (nSPS) is 24.8. The summed E-state index contributed by atoms with van der Waals surface area (Å²) in [6.45, 7) is 2.02. The van der Waals surface area contributed by atoms with Gasteiger partial charge in [0.25, 0.3) is 0 Å². The molecule has 0 radical (unpaired) electrons. The lowest BCUT2D eigenvalue weighted by Crippen LogP contribution is -2.45. The summed E-state index contributed by atoms with van der Waals surface area (Å²) in [7, 11) is 0. The first-order valence-electron chi connectivity index (χ1n) is 5.81. The van der Waals surface area contributed by atoms with Gasteiger partial charge in [0, 0.05) is 13.0 Å². The monoisotopic (exact) mass is 245 g/mol. The first-order chi connectivity index (χ1) is 8.06. The number of hydrogen-bond donors (Lipinski definition) is 3. The van der Waals surface area contributed by atoms with Crippen LogP contribution in [0.2, 0.25) is 0 Å². The second kappa shape index (κ2) is 6.56. The van der Waals surface area contributed by atoms with E-state index < -0.39 is 18.6 Å². The van der Waals surface area contributed by atoms with E-state index in [0.717, 1.165) is 12.8 Å². The number of nitrogens with one attached hydrogen (secondary N) is 1. The van der Waals surface area contributed by atoms with Crippen LogP contribution in [0, 0.1) is 5.92 Å². The Hall–Kier alpha value is -1.14. The van der Waals surface area contributed by atoms with Gasteiger partial charge in [0.2, 0.25) is 5.91 Å². The van der Waals surface area contributed by atoms with E-state index in [1.54, 1.807) is 0 Å². The third-order valence-electron chi connectivity index (χ3n) is 2.88. The summed E-state index contributed by atoms with van der Waals surface area (Å²) in [5.41, 5.74) is 0. The van der Waals surface area contributed by atoms with Crippen molar-refractivity contribution >= 4 is 11.9 Å². The van der Waals surface area contributed by atoms with E-state index in [2.05, 4.69) is 5.32 Å². The predicted molar refractivity (Wildman–Crippen MR) is 59.4 cm³/mol. The molecule has 1 saturated carbocycles. The van der Waals surface area contributed by atoms with Gasteiger partial charge in [-0.15, -0.1) is 0 Å². The van der Waals surface area contributed by atoms with Crippen LogP contribution >= 0.6 is 0 Å². The smallest absolute Gasteiger partial charge is 0.328 e. The minimum Gasteiger partial charge on any atom is -0.480 e. The molecule has 0 bridgehead atoms. The van der Waals surface area contributed by atoms with E-state index in [1.165, 1.54) is 0 Å². The van der Waals surface area contributed by atoms with Gasteiger partial charge in [-0.2, -0.15) is 0 Å². The lowest BCUT2D eigenvalue weighted by molar-refractivity contribution is -0.143. The summed E-state index contributed by atoms with van der Waals surface area (Å²) in [6, 6.07) is -1.20. The first-order valence-corrected chi connectivity index (χ1v) is 5.81. The number of carboxylic acids is 1. The standard InChI is InChI=1S/C11H19NO5/c1-2-17-8-3-7(4-8)5-10(14)12-9(6-13)11(15)16/h7-9,13H,2-6H2,1H3,(H,12,14)(H,15,16)/t7?,8?,9-/m1/s1. The average molecular weight is 245 g/mol. The summed E-state index contributed by atoms with van der Waals surface area (Å²) < 4.78 is 5.36. The third kappa shape index (κ3) is 4.32. The minimum atomic E-state index is -1.22. The fourth-order valence-electron chi connectivity index (χ4n) is 1.91. The highest BCUT2D eigenvalue weighted by molar-refractivity contribution is 5.83. The lowest BCUT2D eigenvalue weighted by atomic mass is 9.80. The maximum atomic E-state index is 11.5. The van der Waals surface area contributed by atoms with Crippen molar-refractivity contribution in [1.29, 1.82) is 0 Å². The predicted octanol–water partition coefficient (Wildman–Crippen LogP) is -0.247. The first kappa shape index (κ1) is 13.9. The molecule has 1 atom stereocenters. The number of ether oxygens (including phenoxy) is 1. The van der Waals surface area contributed by atoms with Crippen LogP contribution in [-0.4, -0.2) is 47.4 Å². The van der Waals surface area contributed by atoms with E-state index in [0.29, 0.717) is 13.0 Å². The highest BCUT2D eigenvalue weighted by atomic mass is 16.5. The number of carboxylic acid groups (broad SMARTS) is 1. The Balaban J connectivity index is 2.20. The molecular weight excluding hydrogens is 226 g/mol. The SMILES string of the molecule is CCOC1CC(CC(=O)N[C@H](CO)C(=O)O)C1. The van der Waals surface area contributed by atoms with Crippen molar-refractivity contribution in [3.63, 3.8) is 0 Å². The fraction of sp³-hybridized carbons (Fsp3) is 0.818. The molecule has 0 heterocycles. The van der Waals surface area contributed by atoms with Crippen LogP contribution in [0.25, 0.3) is 0 Å². The van der Waals surface area contributed by atoms with Crippen LogP contribution in [0.3, 0.4) is 0 Å². The zero-order valence-corrected chi connectivity index (χ0v) is 9.89. The van der Waals surface area contributed by atoms with Gasteiger partial charge in [-0.25, -0.2) is 4.79 Å². The number of aliphatic carboxylic acids is 1. The minimum absolute atomic E-state index is 0.242. The molecule has 1 amide bonds. The molecule has 1 fully saturated rings. The van der Waals surface area contributed by atoms with Gasteiger partial charge in [-0.3, -0.25) is 4.79 Å². The maximum absolute atomic E-state index is 11.5. The molecule has 1 rings (SSSR count). The van der Waals surface area contributed by atoms with Gasteiger partial charge in [-0.1, -0.05) is 0 Å².